The van der Waals surface area contributed by atoms with Gasteiger partial charge >= 0.3 is 5.97 Å². The SMILES string of the molecule is CCOC(=O)C(N)CSC1CCCC(CC)C1. The maximum Gasteiger partial charge on any atom is 0.323 e. The fraction of sp³-hybridized carbons (Fsp3) is 0.923. The summed E-state index contributed by atoms with van der Waals surface area (Å²) in [4.78, 5) is 11.4. The first kappa shape index (κ1) is 14.8. The van der Waals surface area contributed by atoms with Crippen molar-refractivity contribution in [1.29, 1.82) is 0 Å². The van der Waals surface area contributed by atoms with Crippen molar-refractivity contribution in [1.82, 2.24) is 0 Å². The molecule has 0 bridgehead atoms. The van der Waals surface area contributed by atoms with Gasteiger partial charge < -0.3 is 10.5 Å². The summed E-state index contributed by atoms with van der Waals surface area (Å²) < 4.78 is 4.91. The van der Waals surface area contributed by atoms with Gasteiger partial charge in [-0.25, -0.2) is 0 Å². The standard InChI is InChI=1S/C13H25NO2S/c1-3-10-6-5-7-11(8-10)17-9-12(14)13(15)16-4-2/h10-12H,3-9,14H2,1-2H3. The van der Waals surface area contributed by atoms with Crippen LogP contribution in [0.2, 0.25) is 0 Å². The molecule has 0 amide bonds. The van der Waals surface area contributed by atoms with Crippen LogP contribution in [-0.2, 0) is 9.53 Å². The second kappa shape index (κ2) is 7.98. The van der Waals surface area contributed by atoms with Crippen LogP contribution in [0.1, 0.15) is 46.0 Å². The maximum atomic E-state index is 11.4. The minimum Gasteiger partial charge on any atom is -0.465 e. The minimum absolute atomic E-state index is 0.261. The molecule has 17 heavy (non-hydrogen) atoms. The summed E-state index contributed by atoms with van der Waals surface area (Å²) in [5, 5.41) is 0.689. The summed E-state index contributed by atoms with van der Waals surface area (Å²) in [6.07, 6.45) is 6.54. The van der Waals surface area contributed by atoms with Crippen LogP contribution >= 0.6 is 11.8 Å². The van der Waals surface area contributed by atoms with Crippen LogP contribution in [0.25, 0.3) is 0 Å². The Kier molecular flexibility index (Phi) is 6.97. The summed E-state index contributed by atoms with van der Waals surface area (Å²) >= 11 is 1.85. The molecule has 1 aliphatic rings. The lowest BCUT2D eigenvalue weighted by atomic mass is 9.87. The van der Waals surface area contributed by atoms with E-state index in [1.165, 1.54) is 32.1 Å². The van der Waals surface area contributed by atoms with Gasteiger partial charge in [0.25, 0.3) is 0 Å². The van der Waals surface area contributed by atoms with Gasteiger partial charge in [-0.15, -0.1) is 0 Å². The maximum absolute atomic E-state index is 11.4. The van der Waals surface area contributed by atoms with E-state index in [1.54, 1.807) is 0 Å². The molecule has 1 aliphatic carbocycles. The first-order chi connectivity index (χ1) is 8.17. The average Bonchev–Trinajstić information content (AvgIpc) is 2.36. The van der Waals surface area contributed by atoms with E-state index in [4.69, 9.17) is 10.5 Å². The molecule has 2 N–H and O–H groups in total. The van der Waals surface area contributed by atoms with Gasteiger partial charge in [-0.05, 0) is 25.7 Å². The molecule has 3 nitrogen and oxygen atoms in total. The molecule has 0 saturated heterocycles. The Labute approximate surface area is 109 Å². The molecule has 1 saturated carbocycles. The Morgan fingerprint density at radius 1 is 1.47 bits per heavy atom. The molecule has 0 heterocycles. The van der Waals surface area contributed by atoms with Crippen molar-refractivity contribution in [3.8, 4) is 0 Å². The third-order valence-electron chi connectivity index (χ3n) is 3.41. The first-order valence-corrected chi connectivity index (χ1v) is 7.76. The zero-order valence-electron chi connectivity index (χ0n) is 11.0. The molecule has 100 valence electrons. The molecule has 0 aromatic rings. The molecule has 0 aromatic carbocycles. The predicted molar refractivity (Wildman–Crippen MR) is 73.1 cm³/mol. The molecule has 0 radical (unpaired) electrons. The van der Waals surface area contributed by atoms with E-state index in [1.807, 2.05) is 18.7 Å². The van der Waals surface area contributed by atoms with Gasteiger partial charge in [0.05, 0.1) is 6.61 Å². The monoisotopic (exact) mass is 259 g/mol. The molecule has 0 spiro atoms. The van der Waals surface area contributed by atoms with E-state index in [0.717, 1.165) is 5.92 Å². The van der Waals surface area contributed by atoms with Crippen LogP contribution in [0.15, 0.2) is 0 Å². The van der Waals surface area contributed by atoms with Crippen LogP contribution < -0.4 is 5.73 Å². The highest BCUT2D eigenvalue weighted by Crippen LogP contribution is 2.33. The highest BCUT2D eigenvalue weighted by Gasteiger charge is 2.23. The third kappa shape index (κ3) is 5.30. The summed E-state index contributed by atoms with van der Waals surface area (Å²) in [6.45, 7) is 4.49. The number of thioether (sulfide) groups is 1. The van der Waals surface area contributed by atoms with Crippen molar-refractivity contribution < 1.29 is 9.53 Å². The fourth-order valence-corrected chi connectivity index (χ4v) is 3.68. The van der Waals surface area contributed by atoms with Gasteiger partial charge in [-0.2, -0.15) is 11.8 Å². The van der Waals surface area contributed by atoms with Crippen molar-refractivity contribution in [3.63, 3.8) is 0 Å². The van der Waals surface area contributed by atoms with E-state index in [-0.39, 0.29) is 5.97 Å². The molecule has 3 atom stereocenters. The smallest absolute Gasteiger partial charge is 0.323 e. The predicted octanol–water partition coefficient (Wildman–Crippen LogP) is 2.58. The van der Waals surface area contributed by atoms with Gasteiger partial charge in [0.1, 0.15) is 6.04 Å². The zero-order valence-corrected chi connectivity index (χ0v) is 11.8. The van der Waals surface area contributed by atoms with Gasteiger partial charge in [0.15, 0.2) is 0 Å². The quantitative estimate of drug-likeness (QED) is 0.745. The van der Waals surface area contributed by atoms with E-state index in [2.05, 4.69) is 6.92 Å². The zero-order chi connectivity index (χ0) is 12.7. The lowest BCUT2D eigenvalue weighted by molar-refractivity contribution is -0.144. The topological polar surface area (TPSA) is 52.3 Å². The van der Waals surface area contributed by atoms with E-state index >= 15 is 0 Å². The summed E-state index contributed by atoms with van der Waals surface area (Å²) in [5.74, 6) is 1.31. The second-order valence-corrected chi connectivity index (χ2v) is 6.09. The van der Waals surface area contributed by atoms with Crippen molar-refractivity contribution in [3.05, 3.63) is 0 Å². The Morgan fingerprint density at radius 3 is 2.88 bits per heavy atom. The Morgan fingerprint density at radius 2 is 2.24 bits per heavy atom. The summed E-state index contributed by atoms with van der Waals surface area (Å²) in [6, 6.07) is -0.457. The summed E-state index contributed by atoms with van der Waals surface area (Å²) in [7, 11) is 0. The molecule has 4 heteroatoms. The van der Waals surface area contributed by atoms with Crippen LogP contribution in [-0.4, -0.2) is 29.6 Å². The van der Waals surface area contributed by atoms with Crippen molar-refractivity contribution in [2.45, 2.75) is 57.2 Å². The largest absolute Gasteiger partial charge is 0.465 e. The molecule has 0 aliphatic heterocycles. The molecule has 0 aromatic heterocycles. The number of nitrogens with two attached hydrogens (primary N) is 1. The van der Waals surface area contributed by atoms with Crippen LogP contribution in [0.5, 0.6) is 0 Å². The number of carbonyl (C=O) groups excluding carboxylic acids is 1. The Hall–Kier alpha value is -0.220. The van der Waals surface area contributed by atoms with Crippen LogP contribution in [0.3, 0.4) is 0 Å². The average molecular weight is 259 g/mol. The third-order valence-corrected chi connectivity index (χ3v) is 4.86. The van der Waals surface area contributed by atoms with Crippen LogP contribution in [0, 0.1) is 5.92 Å². The molecule has 1 rings (SSSR count). The van der Waals surface area contributed by atoms with Crippen molar-refractivity contribution in [2.75, 3.05) is 12.4 Å². The summed E-state index contributed by atoms with van der Waals surface area (Å²) in [5.41, 5.74) is 5.79. The van der Waals surface area contributed by atoms with Gasteiger partial charge in [-0.1, -0.05) is 26.2 Å². The van der Waals surface area contributed by atoms with E-state index in [9.17, 15) is 4.79 Å². The second-order valence-electron chi connectivity index (χ2n) is 4.75. The molecule has 3 unspecified atom stereocenters. The van der Waals surface area contributed by atoms with Crippen molar-refractivity contribution in [2.24, 2.45) is 11.7 Å². The normalized spacial score (nSPS) is 26.5. The number of hydrogen-bond acceptors (Lipinski definition) is 4. The Balaban J connectivity index is 2.23. The van der Waals surface area contributed by atoms with E-state index in [0.29, 0.717) is 17.6 Å². The Bertz CT molecular complexity index is 235. The number of rotatable bonds is 6. The molecular weight excluding hydrogens is 234 g/mol. The van der Waals surface area contributed by atoms with Crippen LogP contribution in [0.4, 0.5) is 0 Å². The molecule has 1 fully saturated rings. The number of esters is 1. The number of ether oxygens (including phenoxy) is 1. The number of carbonyl (C=O) groups is 1. The van der Waals surface area contributed by atoms with Gasteiger partial charge in [0, 0.05) is 11.0 Å². The highest BCUT2D eigenvalue weighted by molar-refractivity contribution is 7.99. The van der Waals surface area contributed by atoms with E-state index < -0.39 is 6.04 Å². The minimum atomic E-state index is -0.457. The van der Waals surface area contributed by atoms with Crippen molar-refractivity contribution >= 4 is 17.7 Å². The fourth-order valence-electron chi connectivity index (χ4n) is 2.32. The first-order valence-electron chi connectivity index (χ1n) is 6.71. The lowest BCUT2D eigenvalue weighted by Gasteiger charge is -2.28. The number of hydrogen-bond donors (Lipinski definition) is 1. The van der Waals surface area contributed by atoms with Gasteiger partial charge in [-0.3, -0.25) is 4.79 Å². The lowest BCUT2D eigenvalue weighted by Crippen LogP contribution is -2.35. The molecular formula is C13H25NO2S. The van der Waals surface area contributed by atoms with Gasteiger partial charge in [0.2, 0.25) is 0 Å². The highest BCUT2D eigenvalue weighted by atomic mass is 32.2.